The van der Waals surface area contributed by atoms with Crippen molar-refractivity contribution in [3.05, 3.63) is 0 Å². The summed E-state index contributed by atoms with van der Waals surface area (Å²) >= 11 is 0. The van der Waals surface area contributed by atoms with Gasteiger partial charge in [-0.25, -0.2) is 0 Å². The lowest BCUT2D eigenvalue weighted by Gasteiger charge is -2.24. The highest BCUT2D eigenvalue weighted by Gasteiger charge is 2.18. The molecule has 2 N–H and O–H groups in total. The molecule has 106 valence electrons. The van der Waals surface area contributed by atoms with Crippen LogP contribution in [0.15, 0.2) is 0 Å². The van der Waals surface area contributed by atoms with Crippen molar-refractivity contribution in [2.24, 2.45) is 5.92 Å². The van der Waals surface area contributed by atoms with E-state index in [4.69, 9.17) is 0 Å². The van der Waals surface area contributed by atoms with Crippen LogP contribution < -0.4 is 10.6 Å². The smallest absolute Gasteiger partial charge is 0.237 e. The number of carbonyl (C=O) groups is 1. The van der Waals surface area contributed by atoms with Gasteiger partial charge in [-0.05, 0) is 45.1 Å². The molecule has 0 aliphatic heterocycles. The third kappa shape index (κ3) is 6.39. The first-order valence-corrected chi connectivity index (χ1v) is 7.63. The van der Waals surface area contributed by atoms with Gasteiger partial charge in [0.25, 0.3) is 0 Å². The van der Waals surface area contributed by atoms with Crippen molar-refractivity contribution in [2.75, 3.05) is 6.54 Å². The zero-order chi connectivity index (χ0) is 13.4. The fraction of sp³-hybridized carbons (Fsp3) is 0.933. The first kappa shape index (κ1) is 15.5. The number of amides is 1. The minimum absolute atomic E-state index is 0.0564. The molecule has 1 rings (SSSR count). The zero-order valence-electron chi connectivity index (χ0n) is 12.3. The maximum atomic E-state index is 12.0. The molecular weight excluding hydrogens is 224 g/mol. The molecule has 1 atom stereocenters. The Morgan fingerprint density at radius 3 is 2.44 bits per heavy atom. The normalized spacial score (nSPS) is 18.9. The largest absolute Gasteiger partial charge is 0.352 e. The molecule has 0 saturated heterocycles. The fourth-order valence-electron chi connectivity index (χ4n) is 2.49. The monoisotopic (exact) mass is 254 g/mol. The highest BCUT2D eigenvalue weighted by molar-refractivity contribution is 5.81. The maximum Gasteiger partial charge on any atom is 0.237 e. The average molecular weight is 254 g/mol. The topological polar surface area (TPSA) is 41.1 Å². The standard InChI is InChI=1S/C15H30N2O/c1-12(2)8-7-11-16-13(3)15(18)17-14-9-5-4-6-10-14/h12-14,16H,4-11H2,1-3H3,(H,17,18). The van der Waals surface area contributed by atoms with Crippen molar-refractivity contribution in [1.29, 1.82) is 0 Å². The molecule has 18 heavy (non-hydrogen) atoms. The van der Waals surface area contributed by atoms with Crippen molar-refractivity contribution in [2.45, 2.75) is 77.8 Å². The molecule has 3 nitrogen and oxygen atoms in total. The summed E-state index contributed by atoms with van der Waals surface area (Å²) in [6.07, 6.45) is 8.55. The molecule has 0 spiro atoms. The van der Waals surface area contributed by atoms with E-state index < -0.39 is 0 Å². The molecule has 1 unspecified atom stereocenters. The lowest BCUT2D eigenvalue weighted by atomic mass is 9.95. The van der Waals surface area contributed by atoms with E-state index in [9.17, 15) is 4.79 Å². The van der Waals surface area contributed by atoms with Crippen LogP contribution >= 0.6 is 0 Å². The summed E-state index contributed by atoms with van der Waals surface area (Å²) in [5.41, 5.74) is 0. The highest BCUT2D eigenvalue weighted by Crippen LogP contribution is 2.17. The van der Waals surface area contributed by atoms with Crippen LogP contribution in [-0.2, 0) is 4.79 Å². The van der Waals surface area contributed by atoms with Crippen LogP contribution in [0.4, 0.5) is 0 Å². The lowest BCUT2D eigenvalue weighted by Crippen LogP contribution is -2.47. The van der Waals surface area contributed by atoms with Gasteiger partial charge in [-0.15, -0.1) is 0 Å². The van der Waals surface area contributed by atoms with E-state index in [0.717, 1.165) is 31.7 Å². The van der Waals surface area contributed by atoms with Crippen molar-refractivity contribution in [3.8, 4) is 0 Å². The van der Waals surface area contributed by atoms with E-state index in [-0.39, 0.29) is 11.9 Å². The van der Waals surface area contributed by atoms with Gasteiger partial charge >= 0.3 is 0 Å². The van der Waals surface area contributed by atoms with Crippen molar-refractivity contribution in [1.82, 2.24) is 10.6 Å². The van der Waals surface area contributed by atoms with Gasteiger partial charge in [0.2, 0.25) is 5.91 Å². The molecule has 0 bridgehead atoms. The Morgan fingerprint density at radius 1 is 1.17 bits per heavy atom. The third-order valence-corrected chi connectivity index (χ3v) is 3.75. The van der Waals surface area contributed by atoms with Crippen LogP contribution in [0.3, 0.4) is 0 Å². The highest BCUT2D eigenvalue weighted by atomic mass is 16.2. The van der Waals surface area contributed by atoms with Crippen molar-refractivity contribution in [3.63, 3.8) is 0 Å². The molecule has 0 heterocycles. The molecule has 1 fully saturated rings. The number of nitrogens with one attached hydrogen (secondary N) is 2. The number of hydrogen-bond acceptors (Lipinski definition) is 2. The molecule has 1 aliphatic rings. The Bertz CT molecular complexity index is 235. The predicted octanol–water partition coefficient (Wildman–Crippen LogP) is 2.85. The van der Waals surface area contributed by atoms with Crippen LogP contribution in [0.5, 0.6) is 0 Å². The second-order valence-electron chi connectivity index (χ2n) is 6.06. The summed E-state index contributed by atoms with van der Waals surface area (Å²) in [5.74, 6) is 0.921. The number of hydrogen-bond donors (Lipinski definition) is 2. The molecule has 0 aromatic carbocycles. The molecule has 1 amide bonds. The van der Waals surface area contributed by atoms with E-state index in [2.05, 4.69) is 24.5 Å². The minimum atomic E-state index is -0.0564. The van der Waals surface area contributed by atoms with Gasteiger partial charge < -0.3 is 10.6 Å². The Hall–Kier alpha value is -0.570. The van der Waals surface area contributed by atoms with Gasteiger partial charge in [0.1, 0.15) is 0 Å². The van der Waals surface area contributed by atoms with E-state index in [0.29, 0.717) is 6.04 Å². The predicted molar refractivity (Wildman–Crippen MR) is 76.6 cm³/mol. The SMILES string of the molecule is CC(C)CCCNC(C)C(=O)NC1CCCCC1. The lowest BCUT2D eigenvalue weighted by molar-refractivity contribution is -0.123. The second kappa shape index (κ2) is 8.52. The molecule has 0 radical (unpaired) electrons. The number of rotatable bonds is 7. The van der Waals surface area contributed by atoms with E-state index in [1.165, 1.54) is 25.7 Å². The molecule has 0 aromatic rings. The van der Waals surface area contributed by atoms with Gasteiger partial charge in [0.15, 0.2) is 0 Å². The third-order valence-electron chi connectivity index (χ3n) is 3.75. The van der Waals surface area contributed by atoms with Gasteiger partial charge in [-0.1, -0.05) is 33.1 Å². The summed E-state index contributed by atoms with van der Waals surface area (Å²) in [7, 11) is 0. The minimum Gasteiger partial charge on any atom is -0.352 e. The Labute approximate surface area is 112 Å². The molecule has 0 aromatic heterocycles. The zero-order valence-corrected chi connectivity index (χ0v) is 12.3. The summed E-state index contributed by atoms with van der Waals surface area (Å²) in [6, 6.07) is 0.366. The molecule has 3 heteroatoms. The van der Waals surface area contributed by atoms with Crippen LogP contribution in [0.2, 0.25) is 0 Å². The summed E-state index contributed by atoms with van der Waals surface area (Å²) in [4.78, 5) is 12.0. The summed E-state index contributed by atoms with van der Waals surface area (Å²) in [5, 5.41) is 6.48. The van der Waals surface area contributed by atoms with E-state index in [1.54, 1.807) is 0 Å². The van der Waals surface area contributed by atoms with Crippen molar-refractivity contribution < 1.29 is 4.79 Å². The average Bonchev–Trinajstić information content (AvgIpc) is 2.35. The van der Waals surface area contributed by atoms with Crippen molar-refractivity contribution >= 4 is 5.91 Å². The van der Waals surface area contributed by atoms with Gasteiger partial charge in [0, 0.05) is 6.04 Å². The summed E-state index contributed by atoms with van der Waals surface area (Å²) < 4.78 is 0. The number of carbonyl (C=O) groups excluding carboxylic acids is 1. The second-order valence-corrected chi connectivity index (χ2v) is 6.06. The van der Waals surface area contributed by atoms with Crippen LogP contribution in [0.1, 0.15) is 65.7 Å². The Kier molecular flexibility index (Phi) is 7.33. The first-order valence-electron chi connectivity index (χ1n) is 7.63. The molecular formula is C15H30N2O. The Morgan fingerprint density at radius 2 is 1.83 bits per heavy atom. The van der Waals surface area contributed by atoms with E-state index in [1.807, 2.05) is 6.92 Å². The van der Waals surface area contributed by atoms with Crippen LogP contribution in [-0.4, -0.2) is 24.5 Å². The Balaban J connectivity index is 2.11. The molecule has 1 saturated carbocycles. The van der Waals surface area contributed by atoms with Crippen LogP contribution in [0, 0.1) is 5.92 Å². The first-order chi connectivity index (χ1) is 8.59. The van der Waals surface area contributed by atoms with Gasteiger partial charge in [-0.2, -0.15) is 0 Å². The van der Waals surface area contributed by atoms with E-state index >= 15 is 0 Å². The van der Waals surface area contributed by atoms with Crippen LogP contribution in [0.25, 0.3) is 0 Å². The van der Waals surface area contributed by atoms with Gasteiger partial charge in [-0.3, -0.25) is 4.79 Å². The quantitative estimate of drug-likeness (QED) is 0.686. The molecule has 1 aliphatic carbocycles. The van der Waals surface area contributed by atoms with Gasteiger partial charge in [0.05, 0.1) is 6.04 Å². The maximum absolute atomic E-state index is 12.0. The summed E-state index contributed by atoms with van der Waals surface area (Å²) in [6.45, 7) is 7.38. The fourth-order valence-corrected chi connectivity index (χ4v) is 2.49.